The highest BCUT2D eigenvalue weighted by atomic mass is 35.5. The molecular weight excluding hydrogens is 325 g/mol. The fourth-order valence-electron chi connectivity index (χ4n) is 2.50. The average molecular weight is 346 g/mol. The molecule has 6 heteroatoms. The molecule has 0 spiro atoms. The molecule has 0 radical (unpaired) electrons. The second-order valence-electron chi connectivity index (χ2n) is 6.35. The highest BCUT2D eigenvalue weighted by Crippen LogP contribution is 2.39. The summed E-state index contributed by atoms with van der Waals surface area (Å²) < 4.78 is 10.7. The topological polar surface area (TPSA) is 38.8 Å². The number of benzene rings is 1. The molecule has 0 atom stereocenters. The van der Waals surface area contributed by atoms with Crippen LogP contribution in [-0.4, -0.2) is 30.2 Å². The minimum absolute atomic E-state index is 0.316. The van der Waals surface area contributed by atoms with E-state index < -0.39 is 5.60 Å². The zero-order valence-corrected chi connectivity index (χ0v) is 14.8. The first-order valence-corrected chi connectivity index (χ1v) is 8.00. The van der Waals surface area contributed by atoms with E-state index in [1.165, 1.54) is 0 Å². The van der Waals surface area contributed by atoms with Crippen molar-refractivity contribution in [3.63, 3.8) is 0 Å². The summed E-state index contributed by atoms with van der Waals surface area (Å²) in [4.78, 5) is 14.0. The number of carbonyl (C=O) groups is 1. The number of fused-ring (bicyclic) bond motifs is 1. The number of hydrogen-bond donors (Lipinski definition) is 0. The van der Waals surface area contributed by atoms with Crippen LogP contribution in [0.4, 0.5) is 4.79 Å². The Morgan fingerprint density at radius 3 is 2.59 bits per heavy atom. The van der Waals surface area contributed by atoms with E-state index >= 15 is 0 Å². The van der Waals surface area contributed by atoms with Gasteiger partial charge in [0.2, 0.25) is 0 Å². The quantitative estimate of drug-likeness (QED) is 0.741. The van der Waals surface area contributed by atoms with Gasteiger partial charge in [-0.15, -0.1) is 0 Å². The lowest BCUT2D eigenvalue weighted by atomic mass is 10.0. The summed E-state index contributed by atoms with van der Waals surface area (Å²) in [5, 5.41) is 0.994. The molecule has 4 nitrogen and oxygen atoms in total. The van der Waals surface area contributed by atoms with E-state index in [1.54, 1.807) is 12.0 Å². The number of rotatable bonds is 1. The van der Waals surface area contributed by atoms with Crippen LogP contribution in [0.1, 0.15) is 38.3 Å². The van der Waals surface area contributed by atoms with Crippen LogP contribution in [0.25, 0.3) is 0 Å². The maximum atomic E-state index is 12.3. The van der Waals surface area contributed by atoms with Crippen molar-refractivity contribution < 1.29 is 14.3 Å². The Morgan fingerprint density at radius 2 is 2.00 bits per heavy atom. The standard InChI is InChI=1S/C16H21Cl2NO3/c1-16(2,3)22-15(20)19-7-5-6-11-10(9-19)8-12(17)14(21-4)13(11)18/h8H,5-7,9H2,1-4H3. The Labute approximate surface area is 141 Å². The Hall–Kier alpha value is -1.13. The van der Waals surface area contributed by atoms with Gasteiger partial charge in [-0.05, 0) is 50.8 Å². The molecule has 0 saturated heterocycles. The van der Waals surface area contributed by atoms with Gasteiger partial charge in [0.25, 0.3) is 0 Å². The van der Waals surface area contributed by atoms with Gasteiger partial charge in [0, 0.05) is 13.1 Å². The molecule has 1 aliphatic rings. The van der Waals surface area contributed by atoms with E-state index in [0.717, 1.165) is 24.0 Å². The molecule has 0 aromatic heterocycles. The normalized spacial score (nSPS) is 15.1. The summed E-state index contributed by atoms with van der Waals surface area (Å²) in [5.74, 6) is 0.493. The third-order valence-corrected chi connectivity index (χ3v) is 4.12. The highest BCUT2D eigenvalue weighted by Gasteiger charge is 2.26. The molecule has 0 aliphatic carbocycles. The summed E-state index contributed by atoms with van der Waals surface area (Å²) in [7, 11) is 1.54. The van der Waals surface area contributed by atoms with Crippen LogP contribution < -0.4 is 4.74 Å². The van der Waals surface area contributed by atoms with Crippen molar-refractivity contribution in [2.45, 2.75) is 45.8 Å². The second kappa shape index (κ2) is 6.55. The molecule has 1 aliphatic heterocycles. The molecular formula is C16H21Cl2NO3. The Kier molecular flexibility index (Phi) is 5.13. The Bertz CT molecular complexity index is 582. The van der Waals surface area contributed by atoms with E-state index in [9.17, 15) is 4.79 Å². The van der Waals surface area contributed by atoms with E-state index in [2.05, 4.69) is 0 Å². The molecule has 2 rings (SSSR count). The van der Waals surface area contributed by atoms with E-state index in [0.29, 0.717) is 28.9 Å². The number of nitrogens with zero attached hydrogens (tertiary/aromatic N) is 1. The average Bonchev–Trinajstić information content (AvgIpc) is 2.59. The van der Waals surface area contributed by atoms with Crippen molar-refractivity contribution in [2.75, 3.05) is 13.7 Å². The monoisotopic (exact) mass is 345 g/mol. The molecule has 22 heavy (non-hydrogen) atoms. The van der Waals surface area contributed by atoms with Crippen molar-refractivity contribution in [1.29, 1.82) is 0 Å². The molecule has 1 aromatic carbocycles. The molecule has 1 heterocycles. The maximum absolute atomic E-state index is 12.3. The van der Waals surface area contributed by atoms with Crippen molar-refractivity contribution in [2.24, 2.45) is 0 Å². The molecule has 0 unspecified atom stereocenters. The SMILES string of the molecule is COc1c(Cl)cc2c(c1Cl)CCCN(C(=O)OC(C)(C)C)C2. The van der Waals surface area contributed by atoms with Gasteiger partial charge >= 0.3 is 6.09 Å². The van der Waals surface area contributed by atoms with Crippen LogP contribution in [-0.2, 0) is 17.7 Å². The molecule has 0 saturated carbocycles. The van der Waals surface area contributed by atoms with Gasteiger partial charge in [0.1, 0.15) is 5.60 Å². The molecule has 0 fully saturated rings. The van der Waals surface area contributed by atoms with E-state index in [4.69, 9.17) is 32.7 Å². The summed E-state index contributed by atoms with van der Waals surface area (Å²) in [5.41, 5.74) is 1.43. The van der Waals surface area contributed by atoms with Crippen molar-refractivity contribution >= 4 is 29.3 Å². The van der Waals surface area contributed by atoms with Crippen LogP contribution in [0.2, 0.25) is 10.0 Å². The third kappa shape index (κ3) is 3.79. The zero-order chi connectivity index (χ0) is 16.5. The third-order valence-electron chi connectivity index (χ3n) is 3.44. The first kappa shape index (κ1) is 17.2. The molecule has 122 valence electrons. The Morgan fingerprint density at radius 1 is 1.32 bits per heavy atom. The number of halogens is 2. The number of carbonyl (C=O) groups excluding carboxylic acids is 1. The maximum Gasteiger partial charge on any atom is 0.410 e. The van der Waals surface area contributed by atoms with Gasteiger partial charge in [-0.2, -0.15) is 0 Å². The van der Waals surface area contributed by atoms with Gasteiger partial charge in [-0.3, -0.25) is 0 Å². The summed E-state index contributed by atoms with van der Waals surface area (Å²) >= 11 is 12.6. The molecule has 1 amide bonds. The molecule has 0 N–H and O–H groups in total. The van der Waals surface area contributed by atoms with Crippen LogP contribution in [0, 0.1) is 0 Å². The van der Waals surface area contributed by atoms with E-state index in [1.807, 2.05) is 26.8 Å². The number of ether oxygens (including phenoxy) is 2. The van der Waals surface area contributed by atoms with Gasteiger partial charge in [0.05, 0.1) is 17.2 Å². The predicted molar refractivity (Wildman–Crippen MR) is 88.0 cm³/mol. The van der Waals surface area contributed by atoms with Gasteiger partial charge in [0.15, 0.2) is 5.75 Å². The minimum atomic E-state index is -0.512. The lowest BCUT2D eigenvalue weighted by Gasteiger charge is -2.26. The largest absolute Gasteiger partial charge is 0.494 e. The predicted octanol–water partition coefficient (Wildman–Crippen LogP) is 4.69. The summed E-state index contributed by atoms with van der Waals surface area (Å²) in [6, 6.07) is 1.82. The highest BCUT2D eigenvalue weighted by molar-refractivity contribution is 6.37. The number of methoxy groups -OCH3 is 1. The smallest absolute Gasteiger partial charge is 0.410 e. The van der Waals surface area contributed by atoms with Crippen LogP contribution >= 0.6 is 23.2 Å². The van der Waals surface area contributed by atoms with Crippen LogP contribution in [0.15, 0.2) is 6.07 Å². The van der Waals surface area contributed by atoms with Gasteiger partial charge in [-0.1, -0.05) is 23.2 Å². The van der Waals surface area contributed by atoms with Crippen molar-refractivity contribution in [3.8, 4) is 5.75 Å². The van der Waals surface area contributed by atoms with Crippen molar-refractivity contribution in [3.05, 3.63) is 27.2 Å². The first-order chi connectivity index (χ1) is 10.2. The van der Waals surface area contributed by atoms with Crippen molar-refractivity contribution in [1.82, 2.24) is 4.90 Å². The Balaban J connectivity index is 2.29. The van der Waals surface area contributed by atoms with Gasteiger partial charge < -0.3 is 14.4 Å². The van der Waals surface area contributed by atoms with Gasteiger partial charge in [-0.25, -0.2) is 4.79 Å². The van der Waals surface area contributed by atoms with Crippen LogP contribution in [0.5, 0.6) is 5.75 Å². The van der Waals surface area contributed by atoms with Crippen LogP contribution in [0.3, 0.4) is 0 Å². The lowest BCUT2D eigenvalue weighted by Crippen LogP contribution is -2.36. The summed E-state index contributed by atoms with van der Waals surface area (Å²) in [6.07, 6.45) is 1.28. The zero-order valence-electron chi connectivity index (χ0n) is 13.3. The first-order valence-electron chi connectivity index (χ1n) is 7.24. The number of hydrogen-bond acceptors (Lipinski definition) is 3. The molecule has 0 bridgehead atoms. The fourth-order valence-corrected chi connectivity index (χ4v) is 3.25. The number of amides is 1. The second-order valence-corrected chi connectivity index (χ2v) is 7.13. The lowest BCUT2D eigenvalue weighted by molar-refractivity contribution is 0.0237. The minimum Gasteiger partial charge on any atom is -0.494 e. The molecule has 1 aromatic rings. The van der Waals surface area contributed by atoms with E-state index in [-0.39, 0.29) is 6.09 Å². The fraction of sp³-hybridized carbons (Fsp3) is 0.562. The summed E-state index contributed by atoms with van der Waals surface area (Å²) in [6.45, 7) is 6.63.